The molecule has 0 bridgehead atoms. The molecule has 0 aliphatic heterocycles. The maximum Gasteiger partial charge on any atom is 0.273 e. The first-order valence-electron chi connectivity index (χ1n) is 4.26. The van der Waals surface area contributed by atoms with Crippen molar-refractivity contribution in [2.75, 3.05) is 32.9 Å². The Morgan fingerprint density at radius 3 is 3.00 bits per heavy atom. The second-order valence-electron chi connectivity index (χ2n) is 2.90. The molecule has 1 rings (SSSR count). The van der Waals surface area contributed by atoms with E-state index in [9.17, 15) is 4.79 Å². The van der Waals surface area contributed by atoms with Crippen molar-refractivity contribution in [3.8, 4) is 0 Å². The summed E-state index contributed by atoms with van der Waals surface area (Å²) in [4.78, 5) is 17.2. The summed E-state index contributed by atoms with van der Waals surface area (Å²) in [6.07, 6.45) is 0. The fourth-order valence-electron chi connectivity index (χ4n) is 0.962. The molecule has 0 atom stereocenters. The Hall–Kier alpha value is -1.14. The van der Waals surface area contributed by atoms with Crippen LogP contribution in [0.5, 0.6) is 0 Å². The molecule has 1 aromatic rings. The standard InChI is InChI=1S/C8H14N4OS/c1-10-3-4-12(2)7(13)6-5-14-8(9)11-6/h5,10H,3-4H2,1-2H3,(H2,9,11). The third-order valence-corrected chi connectivity index (χ3v) is 2.46. The van der Waals surface area contributed by atoms with Crippen LogP contribution in [0.3, 0.4) is 0 Å². The summed E-state index contributed by atoms with van der Waals surface area (Å²) >= 11 is 1.28. The summed E-state index contributed by atoms with van der Waals surface area (Å²) in [5, 5.41) is 5.07. The van der Waals surface area contributed by atoms with Gasteiger partial charge in [-0.1, -0.05) is 0 Å². The minimum atomic E-state index is -0.0896. The van der Waals surface area contributed by atoms with Crippen LogP contribution >= 0.6 is 11.3 Å². The number of nitrogens with one attached hydrogen (secondary N) is 1. The molecule has 0 aliphatic carbocycles. The normalized spacial score (nSPS) is 10.1. The lowest BCUT2D eigenvalue weighted by Gasteiger charge is -2.14. The van der Waals surface area contributed by atoms with Crippen molar-refractivity contribution in [3.05, 3.63) is 11.1 Å². The molecule has 0 fully saturated rings. The van der Waals surface area contributed by atoms with Crippen LogP contribution in [0.25, 0.3) is 0 Å². The summed E-state index contributed by atoms with van der Waals surface area (Å²) in [6.45, 7) is 1.43. The van der Waals surface area contributed by atoms with Crippen LogP contribution in [0, 0.1) is 0 Å². The Kier molecular flexibility index (Phi) is 3.84. The number of anilines is 1. The van der Waals surface area contributed by atoms with Crippen molar-refractivity contribution >= 4 is 22.4 Å². The topological polar surface area (TPSA) is 71.2 Å². The molecule has 0 unspecified atom stereocenters. The third kappa shape index (κ3) is 2.68. The van der Waals surface area contributed by atoms with E-state index in [1.54, 1.807) is 17.3 Å². The van der Waals surface area contributed by atoms with E-state index in [-0.39, 0.29) is 5.91 Å². The van der Waals surface area contributed by atoms with Crippen molar-refractivity contribution in [2.45, 2.75) is 0 Å². The van der Waals surface area contributed by atoms with Gasteiger partial charge in [0.1, 0.15) is 5.69 Å². The lowest BCUT2D eigenvalue weighted by Crippen LogP contribution is -2.32. The van der Waals surface area contributed by atoms with Crippen LogP contribution in [-0.2, 0) is 0 Å². The Bertz CT molecular complexity index is 312. The quantitative estimate of drug-likeness (QED) is 0.741. The van der Waals surface area contributed by atoms with Gasteiger partial charge in [0.05, 0.1) is 0 Å². The van der Waals surface area contributed by atoms with E-state index in [1.165, 1.54) is 11.3 Å². The van der Waals surface area contributed by atoms with Gasteiger partial charge in [-0.3, -0.25) is 4.79 Å². The number of thiazole rings is 1. The molecule has 78 valence electrons. The summed E-state index contributed by atoms with van der Waals surface area (Å²) in [5.41, 5.74) is 5.86. The van der Waals surface area contributed by atoms with Crippen LogP contribution < -0.4 is 11.1 Å². The van der Waals surface area contributed by atoms with Crippen LogP contribution in [0.2, 0.25) is 0 Å². The Morgan fingerprint density at radius 2 is 2.50 bits per heavy atom. The molecule has 1 heterocycles. The zero-order valence-corrected chi connectivity index (χ0v) is 9.10. The molecule has 1 amide bonds. The van der Waals surface area contributed by atoms with Crippen LogP contribution in [0.4, 0.5) is 5.13 Å². The van der Waals surface area contributed by atoms with E-state index in [0.717, 1.165) is 6.54 Å². The number of aromatic nitrogens is 1. The number of likely N-dealkylation sites (N-methyl/N-ethyl adjacent to an activating group) is 2. The van der Waals surface area contributed by atoms with E-state index < -0.39 is 0 Å². The Balaban J connectivity index is 2.56. The molecule has 6 heteroatoms. The zero-order chi connectivity index (χ0) is 10.6. The van der Waals surface area contributed by atoms with Gasteiger partial charge in [0.15, 0.2) is 5.13 Å². The first kappa shape index (κ1) is 10.9. The second-order valence-corrected chi connectivity index (χ2v) is 3.79. The third-order valence-electron chi connectivity index (χ3n) is 1.78. The van der Waals surface area contributed by atoms with Crippen molar-refractivity contribution < 1.29 is 4.79 Å². The first-order valence-corrected chi connectivity index (χ1v) is 5.14. The SMILES string of the molecule is CNCCN(C)C(=O)c1csc(N)n1. The smallest absolute Gasteiger partial charge is 0.273 e. The summed E-state index contributed by atoms with van der Waals surface area (Å²) in [5.74, 6) is -0.0896. The fraction of sp³-hybridized carbons (Fsp3) is 0.500. The van der Waals surface area contributed by atoms with Crippen molar-refractivity contribution in [2.24, 2.45) is 0 Å². The Morgan fingerprint density at radius 1 is 1.79 bits per heavy atom. The lowest BCUT2D eigenvalue weighted by molar-refractivity contribution is 0.0792. The van der Waals surface area contributed by atoms with Gasteiger partial charge in [0.25, 0.3) is 5.91 Å². The van der Waals surface area contributed by atoms with Gasteiger partial charge in [0, 0.05) is 25.5 Å². The molecule has 1 aromatic heterocycles. The number of carbonyl (C=O) groups excluding carboxylic acids is 1. The second kappa shape index (κ2) is 4.92. The highest BCUT2D eigenvalue weighted by molar-refractivity contribution is 7.13. The van der Waals surface area contributed by atoms with Gasteiger partial charge in [0.2, 0.25) is 0 Å². The molecular weight excluding hydrogens is 200 g/mol. The van der Waals surface area contributed by atoms with E-state index in [0.29, 0.717) is 17.4 Å². The van der Waals surface area contributed by atoms with Gasteiger partial charge < -0.3 is 16.0 Å². The van der Waals surface area contributed by atoms with E-state index in [1.807, 2.05) is 7.05 Å². The number of nitrogens with zero attached hydrogens (tertiary/aromatic N) is 2. The number of hydrogen-bond acceptors (Lipinski definition) is 5. The van der Waals surface area contributed by atoms with Crippen LogP contribution in [-0.4, -0.2) is 43.0 Å². The highest BCUT2D eigenvalue weighted by Gasteiger charge is 2.13. The molecule has 5 nitrogen and oxygen atoms in total. The number of carbonyl (C=O) groups is 1. The van der Waals surface area contributed by atoms with Crippen LogP contribution in [0.15, 0.2) is 5.38 Å². The first-order chi connectivity index (χ1) is 6.65. The fourth-order valence-corrected chi connectivity index (χ4v) is 1.50. The minimum absolute atomic E-state index is 0.0896. The number of nitrogens with two attached hydrogens (primary N) is 1. The molecule has 14 heavy (non-hydrogen) atoms. The molecule has 0 saturated heterocycles. The molecule has 0 spiro atoms. The van der Waals surface area contributed by atoms with Gasteiger partial charge in [-0.05, 0) is 7.05 Å². The van der Waals surface area contributed by atoms with E-state index >= 15 is 0 Å². The number of hydrogen-bond donors (Lipinski definition) is 2. The van der Waals surface area contributed by atoms with E-state index in [4.69, 9.17) is 5.73 Å². The van der Waals surface area contributed by atoms with Crippen molar-refractivity contribution in [1.82, 2.24) is 15.2 Å². The predicted molar refractivity (Wildman–Crippen MR) is 57.4 cm³/mol. The maximum absolute atomic E-state index is 11.7. The van der Waals surface area contributed by atoms with E-state index in [2.05, 4.69) is 10.3 Å². The maximum atomic E-state index is 11.7. The number of rotatable bonds is 4. The molecule has 3 N–H and O–H groups in total. The molecular formula is C8H14N4OS. The Labute approximate surface area is 86.9 Å². The van der Waals surface area contributed by atoms with Crippen LogP contribution in [0.1, 0.15) is 10.5 Å². The monoisotopic (exact) mass is 214 g/mol. The summed E-state index contributed by atoms with van der Waals surface area (Å²) in [6, 6.07) is 0. The molecule has 0 aliphatic rings. The molecule has 0 saturated carbocycles. The number of nitrogen functional groups attached to an aromatic ring is 1. The van der Waals surface area contributed by atoms with Crippen molar-refractivity contribution in [3.63, 3.8) is 0 Å². The average Bonchev–Trinajstić information content (AvgIpc) is 2.60. The van der Waals surface area contributed by atoms with Crippen molar-refractivity contribution in [1.29, 1.82) is 0 Å². The summed E-state index contributed by atoms with van der Waals surface area (Å²) in [7, 11) is 3.59. The lowest BCUT2D eigenvalue weighted by atomic mass is 10.4. The largest absolute Gasteiger partial charge is 0.375 e. The van der Waals surface area contributed by atoms with Gasteiger partial charge in [-0.2, -0.15) is 0 Å². The molecule has 0 aromatic carbocycles. The predicted octanol–water partition coefficient (Wildman–Crippen LogP) is 0.0167. The minimum Gasteiger partial charge on any atom is -0.375 e. The highest BCUT2D eigenvalue weighted by Crippen LogP contribution is 2.12. The van der Waals surface area contributed by atoms with Gasteiger partial charge in [-0.15, -0.1) is 11.3 Å². The van der Waals surface area contributed by atoms with Gasteiger partial charge in [-0.25, -0.2) is 4.98 Å². The molecule has 0 radical (unpaired) electrons. The zero-order valence-electron chi connectivity index (χ0n) is 8.28. The average molecular weight is 214 g/mol. The highest BCUT2D eigenvalue weighted by atomic mass is 32.1. The summed E-state index contributed by atoms with van der Waals surface area (Å²) < 4.78 is 0. The van der Waals surface area contributed by atoms with Gasteiger partial charge >= 0.3 is 0 Å². The number of amides is 1.